The van der Waals surface area contributed by atoms with Crippen molar-refractivity contribution in [3.05, 3.63) is 61.9 Å². The first kappa shape index (κ1) is 17.0. The van der Waals surface area contributed by atoms with Crippen molar-refractivity contribution in [2.45, 2.75) is 41.5 Å². The number of nitrogens with one attached hydrogen (secondary N) is 1. The van der Waals surface area contributed by atoms with Crippen molar-refractivity contribution in [1.29, 1.82) is 0 Å². The number of aryl methyl sites for hydroxylation is 4. The topological polar surface area (TPSA) is 55.0 Å². The number of ether oxygens (including phenoxy) is 1. The molecule has 0 bridgehead atoms. The van der Waals surface area contributed by atoms with Crippen LogP contribution >= 0.6 is 0 Å². The molecule has 1 aromatic heterocycles. The van der Waals surface area contributed by atoms with Crippen LogP contribution in [0.3, 0.4) is 0 Å². The Kier molecular flexibility index (Phi) is 3.30. The Morgan fingerprint density at radius 3 is 2.11 bits per heavy atom. The predicted molar refractivity (Wildman–Crippen MR) is 114 cm³/mol. The van der Waals surface area contributed by atoms with E-state index in [9.17, 15) is 4.79 Å². The zero-order valence-electron chi connectivity index (χ0n) is 17.0. The maximum absolute atomic E-state index is 12.3. The van der Waals surface area contributed by atoms with Gasteiger partial charge in [-0.25, -0.2) is 5.10 Å². The lowest BCUT2D eigenvalue weighted by Gasteiger charge is -2.27. The first-order chi connectivity index (χ1) is 13.3. The van der Waals surface area contributed by atoms with Gasteiger partial charge in [-0.3, -0.25) is 4.79 Å². The van der Waals surface area contributed by atoms with Crippen molar-refractivity contribution >= 4 is 21.5 Å². The molecular weight excluding hydrogens is 348 g/mol. The fourth-order valence-electron chi connectivity index (χ4n) is 4.82. The molecule has 0 unspecified atom stereocenters. The van der Waals surface area contributed by atoms with Crippen molar-refractivity contribution in [2.75, 3.05) is 0 Å². The average molecular weight is 370 g/mol. The van der Waals surface area contributed by atoms with Gasteiger partial charge in [0.2, 0.25) is 0 Å². The molecule has 5 rings (SSSR count). The second-order valence-corrected chi connectivity index (χ2v) is 7.89. The highest BCUT2D eigenvalue weighted by atomic mass is 16.5. The molecule has 4 heteroatoms. The van der Waals surface area contributed by atoms with E-state index in [1.54, 1.807) is 0 Å². The van der Waals surface area contributed by atoms with Gasteiger partial charge in [-0.1, -0.05) is 6.07 Å². The third-order valence-electron chi connectivity index (χ3n) is 6.61. The lowest BCUT2D eigenvalue weighted by Crippen LogP contribution is -2.13. The summed E-state index contributed by atoms with van der Waals surface area (Å²) in [7, 11) is 0. The molecule has 4 nitrogen and oxygen atoms in total. The van der Waals surface area contributed by atoms with E-state index in [4.69, 9.17) is 4.74 Å². The number of nitrogens with zero attached hydrogens (tertiary/aromatic N) is 1. The van der Waals surface area contributed by atoms with Crippen LogP contribution in [0.2, 0.25) is 0 Å². The summed E-state index contributed by atoms with van der Waals surface area (Å²) < 4.78 is 6.40. The molecular formula is C24H22N2O2. The van der Waals surface area contributed by atoms with Crippen LogP contribution in [0.15, 0.2) is 23.0 Å². The fraction of sp³-hybridized carbons (Fsp3) is 0.250. The molecule has 0 radical (unpaired) electrons. The van der Waals surface area contributed by atoms with Gasteiger partial charge >= 0.3 is 0 Å². The van der Waals surface area contributed by atoms with E-state index in [0.29, 0.717) is 11.1 Å². The Labute approximate surface area is 163 Å². The number of benzene rings is 3. The van der Waals surface area contributed by atoms with Crippen molar-refractivity contribution in [3.8, 4) is 22.8 Å². The summed E-state index contributed by atoms with van der Waals surface area (Å²) in [6, 6.07) is 5.59. The van der Waals surface area contributed by atoms with Gasteiger partial charge in [-0.15, -0.1) is 0 Å². The van der Waals surface area contributed by atoms with Gasteiger partial charge in [-0.2, -0.15) is 5.10 Å². The normalized spacial score (nSPS) is 12.4. The first-order valence-electron chi connectivity index (χ1n) is 9.55. The van der Waals surface area contributed by atoms with E-state index in [1.807, 2.05) is 18.2 Å². The van der Waals surface area contributed by atoms with Gasteiger partial charge in [0.15, 0.2) is 0 Å². The first-order valence-corrected chi connectivity index (χ1v) is 9.55. The number of aromatic amines is 1. The van der Waals surface area contributed by atoms with E-state index in [2.05, 4.69) is 51.7 Å². The smallest absolute Gasteiger partial charge is 0.272 e. The van der Waals surface area contributed by atoms with Gasteiger partial charge in [0, 0.05) is 11.1 Å². The molecule has 1 aliphatic heterocycles. The number of hydrogen-bond acceptors (Lipinski definition) is 3. The molecule has 2 heterocycles. The molecule has 3 aromatic carbocycles. The number of hydrogen-bond donors (Lipinski definition) is 1. The van der Waals surface area contributed by atoms with Crippen LogP contribution in [-0.4, -0.2) is 10.2 Å². The fourth-order valence-corrected chi connectivity index (χ4v) is 4.82. The summed E-state index contributed by atoms with van der Waals surface area (Å²) in [6.07, 6.45) is 0. The van der Waals surface area contributed by atoms with Crippen LogP contribution in [0.4, 0.5) is 0 Å². The summed E-state index contributed by atoms with van der Waals surface area (Å²) in [4.78, 5) is 12.3. The van der Waals surface area contributed by atoms with Crippen LogP contribution in [0.25, 0.3) is 32.8 Å². The third-order valence-corrected chi connectivity index (χ3v) is 6.61. The highest BCUT2D eigenvalue weighted by Crippen LogP contribution is 2.51. The SMILES string of the molecule is Cc1c(C)c(C)c2c(C)c3c(c(C)c2c1C)Oc1cccc2c(=O)[nH]nc-3c12. The Balaban J connectivity index is 2.06. The van der Waals surface area contributed by atoms with Crippen LogP contribution in [0.1, 0.15) is 33.4 Å². The Bertz CT molecular complexity index is 1410. The van der Waals surface area contributed by atoms with E-state index in [-0.39, 0.29) is 5.56 Å². The van der Waals surface area contributed by atoms with Crippen LogP contribution in [0, 0.1) is 41.5 Å². The van der Waals surface area contributed by atoms with Crippen LogP contribution in [0.5, 0.6) is 11.5 Å². The largest absolute Gasteiger partial charge is 0.456 e. The van der Waals surface area contributed by atoms with E-state index in [0.717, 1.165) is 33.5 Å². The van der Waals surface area contributed by atoms with Crippen LogP contribution < -0.4 is 10.3 Å². The van der Waals surface area contributed by atoms with Crippen molar-refractivity contribution in [1.82, 2.24) is 10.2 Å². The summed E-state index contributed by atoms with van der Waals surface area (Å²) in [5.74, 6) is 1.54. The lowest BCUT2D eigenvalue weighted by molar-refractivity contribution is 0.482. The number of aromatic nitrogens is 2. The molecule has 140 valence electrons. The van der Waals surface area contributed by atoms with Crippen molar-refractivity contribution in [3.63, 3.8) is 0 Å². The zero-order valence-corrected chi connectivity index (χ0v) is 17.0. The van der Waals surface area contributed by atoms with Gasteiger partial charge in [0.25, 0.3) is 5.56 Å². The van der Waals surface area contributed by atoms with E-state index in [1.165, 1.54) is 33.0 Å². The van der Waals surface area contributed by atoms with Gasteiger partial charge < -0.3 is 4.74 Å². The molecule has 0 saturated carbocycles. The summed E-state index contributed by atoms with van der Waals surface area (Å²) in [5, 5.41) is 11.1. The zero-order chi connectivity index (χ0) is 19.9. The minimum absolute atomic E-state index is 0.193. The lowest BCUT2D eigenvalue weighted by atomic mass is 9.83. The molecule has 1 N–H and O–H groups in total. The number of fused-ring (bicyclic) bond motifs is 3. The summed E-state index contributed by atoms with van der Waals surface area (Å²) in [5.41, 5.74) is 9.09. The summed E-state index contributed by atoms with van der Waals surface area (Å²) >= 11 is 0. The van der Waals surface area contributed by atoms with Crippen LogP contribution in [-0.2, 0) is 0 Å². The molecule has 0 atom stereocenters. The standard InChI is InChI=1S/C24H22N2O2/c1-10-11(2)13(4)19-15(6)23-20(14(5)18(19)12(10)3)22-21-16(24(27)26-25-22)8-7-9-17(21)28-23/h7-9H,1-6H3,(H,26,27). The Hall–Kier alpha value is -3.14. The predicted octanol–water partition coefficient (Wildman–Crippen LogP) is 5.70. The molecule has 0 aliphatic carbocycles. The Morgan fingerprint density at radius 1 is 0.786 bits per heavy atom. The monoisotopic (exact) mass is 370 g/mol. The molecule has 1 aliphatic rings. The molecule has 4 aromatic rings. The molecule has 0 fully saturated rings. The molecule has 0 saturated heterocycles. The highest BCUT2D eigenvalue weighted by Gasteiger charge is 2.29. The maximum Gasteiger partial charge on any atom is 0.272 e. The molecule has 28 heavy (non-hydrogen) atoms. The quantitative estimate of drug-likeness (QED) is 0.380. The molecule has 0 amide bonds. The number of H-pyrrole nitrogens is 1. The van der Waals surface area contributed by atoms with Crippen molar-refractivity contribution in [2.24, 2.45) is 0 Å². The van der Waals surface area contributed by atoms with E-state index >= 15 is 0 Å². The second kappa shape index (κ2) is 5.44. The summed E-state index contributed by atoms with van der Waals surface area (Å²) in [6.45, 7) is 13.0. The third kappa shape index (κ3) is 1.90. The van der Waals surface area contributed by atoms with E-state index < -0.39 is 0 Å². The van der Waals surface area contributed by atoms with Gasteiger partial charge in [0.1, 0.15) is 17.2 Å². The minimum atomic E-state index is -0.193. The minimum Gasteiger partial charge on any atom is -0.456 e. The number of rotatable bonds is 0. The Morgan fingerprint density at radius 2 is 1.43 bits per heavy atom. The van der Waals surface area contributed by atoms with Crippen molar-refractivity contribution < 1.29 is 4.74 Å². The average Bonchev–Trinajstić information content (AvgIpc) is 2.69. The van der Waals surface area contributed by atoms with Gasteiger partial charge in [0.05, 0.1) is 10.8 Å². The van der Waals surface area contributed by atoms with Gasteiger partial charge in [-0.05, 0) is 92.3 Å². The second-order valence-electron chi connectivity index (χ2n) is 7.89. The molecule has 0 spiro atoms. The maximum atomic E-state index is 12.3. The highest BCUT2D eigenvalue weighted by molar-refractivity contribution is 6.08.